The maximum absolute atomic E-state index is 13.0. The maximum atomic E-state index is 13.0. The van der Waals surface area contributed by atoms with Gasteiger partial charge in [-0.3, -0.25) is 10.1 Å². The van der Waals surface area contributed by atoms with Crippen molar-refractivity contribution in [3.63, 3.8) is 0 Å². The SMILES string of the molecule is O=C(O)C=Cc1cc([N+](=O)[O-])c(F)cc1Cl. The van der Waals surface area contributed by atoms with Crippen molar-refractivity contribution in [2.45, 2.75) is 0 Å². The van der Waals surface area contributed by atoms with Crippen LogP contribution in [-0.4, -0.2) is 16.0 Å². The molecule has 1 aromatic rings. The first kappa shape index (κ1) is 12.1. The Morgan fingerprint density at radius 3 is 2.69 bits per heavy atom. The van der Waals surface area contributed by atoms with Gasteiger partial charge in [-0.05, 0) is 6.08 Å². The van der Waals surface area contributed by atoms with Gasteiger partial charge in [-0.1, -0.05) is 11.6 Å². The standard InChI is InChI=1S/C9H5ClFNO4/c10-6-4-7(11)8(12(15)16)3-5(6)1-2-9(13)14/h1-4H,(H,13,14). The van der Waals surface area contributed by atoms with E-state index in [1.54, 1.807) is 0 Å². The third kappa shape index (κ3) is 2.77. The molecule has 0 saturated heterocycles. The van der Waals surface area contributed by atoms with E-state index in [1.165, 1.54) is 0 Å². The minimum absolute atomic E-state index is 0.0668. The Morgan fingerprint density at radius 2 is 2.19 bits per heavy atom. The Labute approximate surface area is 93.9 Å². The van der Waals surface area contributed by atoms with Crippen molar-refractivity contribution < 1.29 is 19.2 Å². The summed E-state index contributed by atoms with van der Waals surface area (Å²) in [4.78, 5) is 19.7. The first-order valence-corrected chi connectivity index (χ1v) is 4.34. The minimum atomic E-state index is -1.23. The largest absolute Gasteiger partial charge is 0.478 e. The summed E-state index contributed by atoms with van der Waals surface area (Å²) >= 11 is 5.58. The van der Waals surface area contributed by atoms with Crippen molar-refractivity contribution in [1.29, 1.82) is 0 Å². The molecule has 0 aliphatic carbocycles. The second-order valence-electron chi connectivity index (χ2n) is 2.75. The summed E-state index contributed by atoms with van der Waals surface area (Å²) in [6, 6.07) is 1.64. The van der Waals surface area contributed by atoms with E-state index in [-0.39, 0.29) is 10.6 Å². The number of aliphatic carboxylic acids is 1. The zero-order valence-electron chi connectivity index (χ0n) is 7.68. The average molecular weight is 246 g/mol. The first-order valence-electron chi connectivity index (χ1n) is 3.96. The highest BCUT2D eigenvalue weighted by atomic mass is 35.5. The molecule has 84 valence electrons. The van der Waals surface area contributed by atoms with Crippen LogP contribution in [0.25, 0.3) is 6.08 Å². The molecule has 5 nitrogen and oxygen atoms in total. The molecule has 0 spiro atoms. The van der Waals surface area contributed by atoms with Gasteiger partial charge >= 0.3 is 11.7 Å². The monoisotopic (exact) mass is 245 g/mol. The molecule has 0 radical (unpaired) electrons. The highest BCUT2D eigenvalue weighted by Gasteiger charge is 2.16. The van der Waals surface area contributed by atoms with Gasteiger partial charge in [0.05, 0.1) is 9.95 Å². The summed E-state index contributed by atoms with van der Waals surface area (Å²) < 4.78 is 13.0. The molecule has 0 unspecified atom stereocenters. The zero-order chi connectivity index (χ0) is 12.3. The molecule has 1 aromatic carbocycles. The number of carboxylic acids is 1. The van der Waals surface area contributed by atoms with Crippen molar-refractivity contribution in [2.24, 2.45) is 0 Å². The van der Waals surface area contributed by atoms with Crippen LogP contribution in [0.5, 0.6) is 0 Å². The van der Waals surface area contributed by atoms with Crippen LogP contribution >= 0.6 is 11.6 Å². The van der Waals surface area contributed by atoms with Gasteiger partial charge in [0, 0.05) is 23.8 Å². The molecular formula is C9H5ClFNO4. The molecule has 1 N–H and O–H groups in total. The summed E-state index contributed by atoms with van der Waals surface area (Å²) in [6.45, 7) is 0. The van der Waals surface area contributed by atoms with E-state index >= 15 is 0 Å². The molecule has 0 bridgehead atoms. The summed E-state index contributed by atoms with van der Waals surface area (Å²) in [5.41, 5.74) is -0.688. The van der Waals surface area contributed by atoms with Crippen LogP contribution in [0, 0.1) is 15.9 Å². The summed E-state index contributed by atoms with van der Waals surface area (Å²) in [6.07, 6.45) is 1.81. The number of nitro groups is 1. The zero-order valence-corrected chi connectivity index (χ0v) is 8.44. The van der Waals surface area contributed by atoms with Crippen LogP contribution < -0.4 is 0 Å². The van der Waals surface area contributed by atoms with Crippen LogP contribution in [0.1, 0.15) is 5.56 Å². The normalized spacial score (nSPS) is 10.6. The van der Waals surface area contributed by atoms with E-state index in [0.29, 0.717) is 0 Å². The van der Waals surface area contributed by atoms with Gasteiger partial charge in [-0.15, -0.1) is 0 Å². The number of halogens is 2. The number of hydrogen-bond acceptors (Lipinski definition) is 3. The van der Waals surface area contributed by atoms with Gasteiger partial charge in [0.25, 0.3) is 0 Å². The molecule has 0 amide bonds. The van der Waals surface area contributed by atoms with Gasteiger partial charge in [0.2, 0.25) is 5.82 Å². The highest BCUT2D eigenvalue weighted by Crippen LogP contribution is 2.26. The second-order valence-corrected chi connectivity index (χ2v) is 3.16. The molecule has 7 heteroatoms. The smallest absolute Gasteiger partial charge is 0.328 e. The lowest BCUT2D eigenvalue weighted by Crippen LogP contribution is -1.94. The summed E-state index contributed by atoms with van der Waals surface area (Å²) in [5.74, 6) is -2.30. The van der Waals surface area contributed by atoms with Gasteiger partial charge in [-0.25, -0.2) is 4.79 Å². The highest BCUT2D eigenvalue weighted by molar-refractivity contribution is 6.32. The molecule has 0 saturated carbocycles. The van der Waals surface area contributed by atoms with Crippen molar-refractivity contribution in [3.8, 4) is 0 Å². The van der Waals surface area contributed by atoms with Crippen molar-refractivity contribution in [3.05, 3.63) is 44.7 Å². The van der Waals surface area contributed by atoms with Crippen LogP contribution in [-0.2, 0) is 4.79 Å². The van der Waals surface area contributed by atoms with Gasteiger partial charge in [0.1, 0.15) is 0 Å². The lowest BCUT2D eigenvalue weighted by Gasteiger charge is -1.99. The van der Waals surface area contributed by atoms with Crippen LogP contribution in [0.3, 0.4) is 0 Å². The molecule has 0 heterocycles. The number of hydrogen-bond donors (Lipinski definition) is 1. The van der Waals surface area contributed by atoms with E-state index < -0.39 is 22.4 Å². The van der Waals surface area contributed by atoms with E-state index in [9.17, 15) is 19.3 Å². The van der Waals surface area contributed by atoms with Crippen molar-refractivity contribution in [2.75, 3.05) is 0 Å². The lowest BCUT2D eigenvalue weighted by molar-refractivity contribution is -0.387. The van der Waals surface area contributed by atoms with E-state index in [2.05, 4.69) is 0 Å². The lowest BCUT2D eigenvalue weighted by atomic mass is 10.2. The Balaban J connectivity index is 3.25. The molecule has 0 atom stereocenters. The number of benzene rings is 1. The fourth-order valence-electron chi connectivity index (χ4n) is 0.982. The number of nitrogens with zero attached hydrogens (tertiary/aromatic N) is 1. The van der Waals surface area contributed by atoms with E-state index in [1.807, 2.05) is 0 Å². The summed E-state index contributed by atoms with van der Waals surface area (Å²) in [5, 5.41) is 18.7. The predicted molar refractivity (Wildman–Crippen MR) is 54.7 cm³/mol. The average Bonchev–Trinajstić information content (AvgIpc) is 2.15. The number of carbonyl (C=O) groups is 1. The molecule has 1 rings (SSSR count). The third-order valence-corrected chi connectivity index (χ3v) is 2.00. The number of carboxylic acid groups (broad SMARTS) is 1. The molecule has 0 aliphatic heterocycles. The minimum Gasteiger partial charge on any atom is -0.478 e. The Bertz CT molecular complexity index is 487. The number of rotatable bonds is 3. The molecule has 0 aliphatic rings. The van der Waals surface area contributed by atoms with Crippen molar-refractivity contribution in [1.82, 2.24) is 0 Å². The van der Waals surface area contributed by atoms with Crippen LogP contribution in [0.2, 0.25) is 5.02 Å². The summed E-state index contributed by atoms with van der Waals surface area (Å²) in [7, 11) is 0. The Hall–Kier alpha value is -1.95. The fourth-order valence-corrected chi connectivity index (χ4v) is 1.20. The van der Waals surface area contributed by atoms with E-state index in [0.717, 1.165) is 24.3 Å². The van der Waals surface area contributed by atoms with Gasteiger partial charge < -0.3 is 5.11 Å². The topological polar surface area (TPSA) is 80.4 Å². The molecule has 16 heavy (non-hydrogen) atoms. The Kier molecular flexibility index (Phi) is 3.57. The number of nitro benzene ring substituents is 1. The van der Waals surface area contributed by atoms with Crippen LogP contribution in [0.15, 0.2) is 18.2 Å². The van der Waals surface area contributed by atoms with Crippen molar-refractivity contribution >= 4 is 29.3 Å². The Morgan fingerprint density at radius 1 is 1.56 bits per heavy atom. The van der Waals surface area contributed by atoms with E-state index in [4.69, 9.17) is 16.7 Å². The second kappa shape index (κ2) is 4.71. The first-order chi connectivity index (χ1) is 7.41. The predicted octanol–water partition coefficient (Wildman–Crippen LogP) is 2.49. The fraction of sp³-hybridized carbons (Fsp3) is 0. The van der Waals surface area contributed by atoms with Gasteiger partial charge in [0.15, 0.2) is 0 Å². The third-order valence-electron chi connectivity index (χ3n) is 1.67. The quantitative estimate of drug-likeness (QED) is 0.504. The molecular weight excluding hydrogens is 241 g/mol. The molecule has 0 fully saturated rings. The van der Waals surface area contributed by atoms with Gasteiger partial charge in [-0.2, -0.15) is 4.39 Å². The van der Waals surface area contributed by atoms with Crippen LogP contribution in [0.4, 0.5) is 10.1 Å². The molecule has 0 aromatic heterocycles. The maximum Gasteiger partial charge on any atom is 0.328 e.